The quantitative estimate of drug-likeness (QED) is 0.899. The van der Waals surface area contributed by atoms with Gasteiger partial charge in [0.15, 0.2) is 0 Å². The van der Waals surface area contributed by atoms with E-state index in [1.54, 1.807) is 24.5 Å². The van der Waals surface area contributed by atoms with Gasteiger partial charge in [0.1, 0.15) is 16.1 Å². The Hall–Kier alpha value is -2.41. The van der Waals surface area contributed by atoms with E-state index in [9.17, 15) is 9.59 Å². The van der Waals surface area contributed by atoms with Crippen molar-refractivity contribution in [1.82, 2.24) is 15.3 Å². The van der Waals surface area contributed by atoms with Crippen molar-refractivity contribution in [2.45, 2.75) is 28.9 Å². The Morgan fingerprint density at radius 3 is 2.82 bits per heavy atom. The second kappa shape index (κ2) is 6.57. The fraction of sp³-hybridized carbons (Fsp3) is 0.200. The summed E-state index contributed by atoms with van der Waals surface area (Å²) in [6, 6.07) is 8.71. The van der Waals surface area contributed by atoms with Crippen LogP contribution in [0.15, 0.2) is 52.8 Å². The molecule has 1 aliphatic heterocycles. The Bertz CT molecular complexity index is 693. The maximum atomic E-state index is 12.1. The molecule has 1 fully saturated rings. The number of rotatable bonds is 4. The lowest BCUT2D eigenvalue weighted by Gasteiger charge is -2.11. The highest BCUT2D eigenvalue weighted by atomic mass is 32.2. The maximum Gasteiger partial charge on any atom is 0.246 e. The number of nitrogens with one attached hydrogen (secondary N) is 2. The van der Waals surface area contributed by atoms with Crippen LogP contribution in [0.2, 0.25) is 0 Å². The molecule has 3 heterocycles. The molecule has 0 radical (unpaired) electrons. The van der Waals surface area contributed by atoms with Crippen molar-refractivity contribution >= 4 is 29.3 Å². The Balaban J connectivity index is 1.66. The van der Waals surface area contributed by atoms with Crippen LogP contribution in [-0.4, -0.2) is 27.8 Å². The number of carbonyl (C=O) groups is 2. The molecule has 0 saturated carbocycles. The molecule has 1 atom stereocenters. The normalized spacial score (nSPS) is 17.1. The molecule has 2 N–H and O–H groups in total. The largest absolute Gasteiger partial charge is 0.344 e. The van der Waals surface area contributed by atoms with E-state index >= 15 is 0 Å². The molecule has 2 aromatic rings. The number of amides is 2. The zero-order valence-corrected chi connectivity index (χ0v) is 12.5. The minimum Gasteiger partial charge on any atom is -0.344 e. The molecule has 1 unspecified atom stereocenters. The van der Waals surface area contributed by atoms with E-state index in [1.807, 2.05) is 18.2 Å². The topological polar surface area (TPSA) is 84.0 Å². The molecule has 0 bridgehead atoms. The number of hydrogen-bond acceptors (Lipinski definition) is 5. The molecular weight excluding hydrogens is 300 g/mol. The lowest BCUT2D eigenvalue weighted by molar-refractivity contribution is -0.122. The molecule has 0 spiro atoms. The standard InChI is InChI=1S/C15H14N4O2S/c20-12-5-4-11(19-12)15(21)18-10-6-8-17-14(9-10)22-13-3-1-2-7-16-13/h1-3,6-9,11H,4-5H2,(H,19,20)(H,17,18,21). The molecule has 112 valence electrons. The summed E-state index contributed by atoms with van der Waals surface area (Å²) in [5.41, 5.74) is 0.652. The van der Waals surface area contributed by atoms with E-state index in [0.717, 1.165) is 10.1 Å². The molecule has 1 saturated heterocycles. The lowest BCUT2D eigenvalue weighted by Crippen LogP contribution is -2.37. The first-order chi connectivity index (χ1) is 10.7. The highest BCUT2D eigenvalue weighted by molar-refractivity contribution is 7.99. The molecule has 7 heteroatoms. The van der Waals surface area contributed by atoms with E-state index in [4.69, 9.17) is 0 Å². The molecule has 2 aromatic heterocycles. The SMILES string of the molecule is O=C1CCC(C(=O)Nc2ccnc(Sc3ccccn3)c2)N1. The molecule has 0 aromatic carbocycles. The average Bonchev–Trinajstić information content (AvgIpc) is 2.95. The van der Waals surface area contributed by atoms with Gasteiger partial charge in [0.25, 0.3) is 0 Å². The first-order valence-corrected chi connectivity index (χ1v) is 7.67. The van der Waals surface area contributed by atoms with Gasteiger partial charge in [0, 0.05) is 24.5 Å². The predicted octanol–water partition coefficient (Wildman–Crippen LogP) is 1.84. The third-order valence-electron chi connectivity index (χ3n) is 3.16. The minimum absolute atomic E-state index is 0.0822. The molecule has 22 heavy (non-hydrogen) atoms. The van der Waals surface area contributed by atoms with Crippen molar-refractivity contribution in [1.29, 1.82) is 0 Å². The summed E-state index contributed by atoms with van der Waals surface area (Å²) in [6.07, 6.45) is 4.28. The summed E-state index contributed by atoms with van der Waals surface area (Å²) in [4.78, 5) is 31.7. The van der Waals surface area contributed by atoms with Crippen molar-refractivity contribution < 1.29 is 9.59 Å². The summed E-state index contributed by atoms with van der Waals surface area (Å²) in [6.45, 7) is 0. The van der Waals surface area contributed by atoms with Crippen molar-refractivity contribution in [3.05, 3.63) is 42.7 Å². The summed E-state index contributed by atoms with van der Waals surface area (Å²) >= 11 is 1.42. The van der Waals surface area contributed by atoms with Crippen LogP contribution in [0.25, 0.3) is 0 Å². The average molecular weight is 314 g/mol. The van der Waals surface area contributed by atoms with Gasteiger partial charge in [0.05, 0.1) is 0 Å². The van der Waals surface area contributed by atoms with Crippen molar-refractivity contribution in [3.63, 3.8) is 0 Å². The highest BCUT2D eigenvalue weighted by Gasteiger charge is 2.27. The summed E-state index contributed by atoms with van der Waals surface area (Å²) in [5, 5.41) is 7.03. The fourth-order valence-electron chi connectivity index (χ4n) is 2.10. The maximum absolute atomic E-state index is 12.1. The smallest absolute Gasteiger partial charge is 0.246 e. The van der Waals surface area contributed by atoms with Crippen LogP contribution in [0.3, 0.4) is 0 Å². The van der Waals surface area contributed by atoms with E-state index in [-0.39, 0.29) is 11.8 Å². The molecule has 0 aliphatic carbocycles. The van der Waals surface area contributed by atoms with Gasteiger partial charge in [-0.05, 0) is 30.7 Å². The van der Waals surface area contributed by atoms with Gasteiger partial charge in [-0.25, -0.2) is 9.97 Å². The van der Waals surface area contributed by atoms with Crippen molar-refractivity contribution in [3.8, 4) is 0 Å². The highest BCUT2D eigenvalue weighted by Crippen LogP contribution is 2.25. The molecular formula is C15H14N4O2S. The van der Waals surface area contributed by atoms with E-state index < -0.39 is 6.04 Å². The first-order valence-electron chi connectivity index (χ1n) is 6.86. The molecule has 6 nitrogen and oxygen atoms in total. The van der Waals surface area contributed by atoms with Crippen LogP contribution in [0.1, 0.15) is 12.8 Å². The summed E-state index contributed by atoms with van der Waals surface area (Å²) in [7, 11) is 0. The van der Waals surface area contributed by atoms with Crippen LogP contribution in [0.5, 0.6) is 0 Å². The van der Waals surface area contributed by atoms with Crippen LogP contribution < -0.4 is 10.6 Å². The Morgan fingerprint density at radius 1 is 1.23 bits per heavy atom. The van der Waals surface area contributed by atoms with Gasteiger partial charge < -0.3 is 10.6 Å². The number of carbonyl (C=O) groups excluding carboxylic acids is 2. The lowest BCUT2D eigenvalue weighted by atomic mass is 10.2. The van der Waals surface area contributed by atoms with Gasteiger partial charge >= 0.3 is 0 Å². The van der Waals surface area contributed by atoms with Crippen LogP contribution in [0, 0.1) is 0 Å². The molecule has 1 aliphatic rings. The van der Waals surface area contributed by atoms with Crippen LogP contribution in [-0.2, 0) is 9.59 Å². The number of anilines is 1. The van der Waals surface area contributed by atoms with Gasteiger partial charge in [-0.2, -0.15) is 0 Å². The van der Waals surface area contributed by atoms with E-state index in [1.165, 1.54) is 11.8 Å². The van der Waals surface area contributed by atoms with Gasteiger partial charge in [0.2, 0.25) is 11.8 Å². The number of aromatic nitrogens is 2. The predicted molar refractivity (Wildman–Crippen MR) is 82.4 cm³/mol. The molecule has 2 amide bonds. The fourth-order valence-corrected chi connectivity index (χ4v) is 2.87. The number of pyridine rings is 2. The third kappa shape index (κ3) is 3.62. The van der Waals surface area contributed by atoms with Crippen molar-refractivity contribution in [2.24, 2.45) is 0 Å². The van der Waals surface area contributed by atoms with Gasteiger partial charge in [-0.3, -0.25) is 9.59 Å². The van der Waals surface area contributed by atoms with E-state index in [2.05, 4.69) is 20.6 Å². The number of hydrogen-bond donors (Lipinski definition) is 2. The second-order valence-electron chi connectivity index (χ2n) is 4.80. The Labute approximate surface area is 131 Å². The molecule has 3 rings (SSSR count). The monoisotopic (exact) mass is 314 g/mol. The summed E-state index contributed by atoms with van der Waals surface area (Å²) in [5.74, 6) is -0.285. The Kier molecular flexibility index (Phi) is 4.34. The third-order valence-corrected chi connectivity index (χ3v) is 4.04. The zero-order chi connectivity index (χ0) is 15.4. The Morgan fingerprint density at radius 2 is 2.09 bits per heavy atom. The minimum atomic E-state index is -0.451. The first kappa shape index (κ1) is 14.5. The van der Waals surface area contributed by atoms with E-state index in [0.29, 0.717) is 18.5 Å². The summed E-state index contributed by atoms with van der Waals surface area (Å²) < 4.78 is 0. The van der Waals surface area contributed by atoms with Gasteiger partial charge in [-0.15, -0.1) is 0 Å². The van der Waals surface area contributed by atoms with Crippen LogP contribution >= 0.6 is 11.8 Å². The van der Waals surface area contributed by atoms with Crippen LogP contribution in [0.4, 0.5) is 5.69 Å². The van der Waals surface area contributed by atoms with Gasteiger partial charge in [-0.1, -0.05) is 17.8 Å². The van der Waals surface area contributed by atoms with Crippen molar-refractivity contribution in [2.75, 3.05) is 5.32 Å². The second-order valence-corrected chi connectivity index (χ2v) is 5.84. The zero-order valence-electron chi connectivity index (χ0n) is 11.7. The number of nitrogens with zero attached hydrogens (tertiary/aromatic N) is 2.